The summed E-state index contributed by atoms with van der Waals surface area (Å²) in [5, 5.41) is 3.40. The van der Waals surface area contributed by atoms with E-state index in [9.17, 15) is 4.79 Å². The van der Waals surface area contributed by atoms with E-state index < -0.39 is 0 Å². The summed E-state index contributed by atoms with van der Waals surface area (Å²) in [7, 11) is 3.25. The highest BCUT2D eigenvalue weighted by molar-refractivity contribution is 5.80. The number of nitrogens with zero attached hydrogens (tertiary/aromatic N) is 2. The first-order valence-corrected chi connectivity index (χ1v) is 8.96. The van der Waals surface area contributed by atoms with Crippen molar-refractivity contribution >= 4 is 11.9 Å². The molecular weight excluding hydrogens is 318 g/mol. The second-order valence-electron chi connectivity index (χ2n) is 6.13. The third-order valence-corrected chi connectivity index (χ3v) is 4.41. The smallest absolute Gasteiger partial charge is 0.308 e. The van der Waals surface area contributed by atoms with Gasteiger partial charge in [-0.3, -0.25) is 9.79 Å². The Labute approximate surface area is 150 Å². The molecule has 2 rings (SSSR count). The number of hydrogen-bond acceptors (Lipinski definition) is 4. The molecule has 0 aromatic heterocycles. The summed E-state index contributed by atoms with van der Waals surface area (Å²) < 4.78 is 10.5. The molecule has 0 saturated carbocycles. The van der Waals surface area contributed by atoms with E-state index in [-0.39, 0.29) is 11.9 Å². The van der Waals surface area contributed by atoms with E-state index >= 15 is 0 Å². The molecule has 0 atom stereocenters. The molecule has 0 spiro atoms. The lowest BCUT2D eigenvalue weighted by atomic mass is 9.97. The quantitative estimate of drug-likeness (QED) is 0.355. The van der Waals surface area contributed by atoms with Crippen LogP contribution in [0, 0.1) is 5.92 Å². The van der Waals surface area contributed by atoms with Crippen molar-refractivity contribution in [3.05, 3.63) is 30.3 Å². The number of para-hydroxylation sites is 1. The number of esters is 1. The third kappa shape index (κ3) is 6.29. The number of piperidine rings is 1. The fraction of sp³-hybridized carbons (Fsp3) is 0.579. The number of guanidine groups is 1. The van der Waals surface area contributed by atoms with Crippen molar-refractivity contribution in [2.24, 2.45) is 10.9 Å². The molecule has 25 heavy (non-hydrogen) atoms. The Hall–Kier alpha value is -2.24. The maximum Gasteiger partial charge on any atom is 0.308 e. The molecule has 0 radical (unpaired) electrons. The number of likely N-dealkylation sites (tertiary alicyclic amines) is 1. The van der Waals surface area contributed by atoms with Gasteiger partial charge in [-0.15, -0.1) is 0 Å². The number of unbranched alkanes of at least 4 members (excludes halogenated alkanes) is 1. The summed E-state index contributed by atoms with van der Waals surface area (Å²) >= 11 is 0. The number of carbonyl (C=O) groups is 1. The van der Waals surface area contributed by atoms with Crippen LogP contribution in [0.2, 0.25) is 0 Å². The van der Waals surface area contributed by atoms with Crippen LogP contribution in [0.5, 0.6) is 5.75 Å². The minimum absolute atomic E-state index is 0.0227. The molecule has 1 N–H and O–H groups in total. The molecule has 1 aliphatic rings. The molecular formula is C19H29N3O3. The molecule has 1 aromatic rings. The summed E-state index contributed by atoms with van der Waals surface area (Å²) in [6.45, 7) is 3.24. The van der Waals surface area contributed by atoms with Crippen LogP contribution >= 0.6 is 0 Å². The van der Waals surface area contributed by atoms with Crippen LogP contribution in [0.15, 0.2) is 35.3 Å². The number of carbonyl (C=O) groups excluding carboxylic acids is 1. The van der Waals surface area contributed by atoms with Gasteiger partial charge in [0.05, 0.1) is 19.6 Å². The van der Waals surface area contributed by atoms with E-state index in [1.807, 2.05) is 30.3 Å². The van der Waals surface area contributed by atoms with Crippen LogP contribution in [0.25, 0.3) is 0 Å². The molecule has 0 bridgehead atoms. The molecule has 1 aliphatic heterocycles. The molecule has 6 heteroatoms. The number of rotatable bonds is 7. The van der Waals surface area contributed by atoms with E-state index in [4.69, 9.17) is 9.47 Å². The average Bonchev–Trinajstić information content (AvgIpc) is 2.68. The number of methoxy groups -OCH3 is 1. The maximum absolute atomic E-state index is 11.6. The number of hydrogen-bond donors (Lipinski definition) is 1. The van der Waals surface area contributed by atoms with Gasteiger partial charge in [0.15, 0.2) is 5.96 Å². The first kappa shape index (κ1) is 19.1. The standard InChI is InChI=1S/C19H29N3O3/c1-20-19(22-13-10-16(11-14-22)18(23)24-2)21-12-6-7-15-25-17-8-4-3-5-9-17/h3-5,8-9,16H,6-7,10-15H2,1-2H3,(H,20,21). The molecule has 1 aromatic carbocycles. The van der Waals surface area contributed by atoms with E-state index in [0.717, 1.165) is 63.6 Å². The Bertz CT molecular complexity index is 540. The Kier molecular flexibility index (Phi) is 8.09. The molecule has 6 nitrogen and oxygen atoms in total. The first-order valence-electron chi connectivity index (χ1n) is 8.96. The van der Waals surface area contributed by atoms with Crippen LogP contribution in [0.3, 0.4) is 0 Å². The highest BCUT2D eigenvalue weighted by Crippen LogP contribution is 2.18. The molecule has 138 valence electrons. The number of aliphatic imine (C=N–C) groups is 1. The zero-order valence-corrected chi connectivity index (χ0v) is 15.2. The lowest BCUT2D eigenvalue weighted by Crippen LogP contribution is -2.46. The lowest BCUT2D eigenvalue weighted by Gasteiger charge is -2.33. The van der Waals surface area contributed by atoms with Gasteiger partial charge >= 0.3 is 5.97 Å². The van der Waals surface area contributed by atoms with Gasteiger partial charge in [0, 0.05) is 26.7 Å². The Morgan fingerprint density at radius 1 is 1.24 bits per heavy atom. The summed E-state index contributed by atoms with van der Waals surface area (Å²) in [6, 6.07) is 9.88. The van der Waals surface area contributed by atoms with Crippen molar-refractivity contribution in [1.82, 2.24) is 10.2 Å². The SMILES string of the molecule is CN=C(NCCCCOc1ccccc1)N1CCC(C(=O)OC)CC1. The van der Waals surface area contributed by atoms with Gasteiger partial charge in [0.2, 0.25) is 0 Å². The summed E-state index contributed by atoms with van der Waals surface area (Å²) in [5.74, 6) is 1.75. The van der Waals surface area contributed by atoms with Gasteiger partial charge < -0.3 is 19.7 Å². The van der Waals surface area contributed by atoms with Crippen molar-refractivity contribution in [2.45, 2.75) is 25.7 Å². The van der Waals surface area contributed by atoms with E-state index in [1.165, 1.54) is 7.11 Å². The van der Waals surface area contributed by atoms with Crippen LogP contribution in [0.4, 0.5) is 0 Å². The van der Waals surface area contributed by atoms with Crippen LogP contribution < -0.4 is 10.1 Å². The number of benzene rings is 1. The highest BCUT2D eigenvalue weighted by Gasteiger charge is 2.26. The highest BCUT2D eigenvalue weighted by atomic mass is 16.5. The van der Waals surface area contributed by atoms with Gasteiger partial charge in [-0.1, -0.05) is 18.2 Å². The molecule has 1 saturated heterocycles. The van der Waals surface area contributed by atoms with Crippen molar-refractivity contribution < 1.29 is 14.3 Å². The maximum atomic E-state index is 11.6. The topological polar surface area (TPSA) is 63.2 Å². The number of nitrogens with one attached hydrogen (secondary N) is 1. The monoisotopic (exact) mass is 347 g/mol. The van der Waals surface area contributed by atoms with Gasteiger partial charge in [0.1, 0.15) is 5.75 Å². The van der Waals surface area contributed by atoms with Crippen molar-refractivity contribution in [3.8, 4) is 5.75 Å². The van der Waals surface area contributed by atoms with E-state index in [2.05, 4.69) is 15.2 Å². The average molecular weight is 347 g/mol. The number of ether oxygens (including phenoxy) is 2. The van der Waals surface area contributed by atoms with Crippen molar-refractivity contribution in [1.29, 1.82) is 0 Å². The third-order valence-electron chi connectivity index (χ3n) is 4.41. The van der Waals surface area contributed by atoms with Crippen LogP contribution in [-0.4, -0.2) is 57.2 Å². The van der Waals surface area contributed by atoms with Crippen molar-refractivity contribution in [3.63, 3.8) is 0 Å². The lowest BCUT2D eigenvalue weighted by molar-refractivity contribution is -0.146. The molecule has 1 heterocycles. The molecule has 0 amide bonds. The molecule has 0 unspecified atom stereocenters. The fourth-order valence-electron chi connectivity index (χ4n) is 2.96. The first-order chi connectivity index (χ1) is 12.2. The fourth-order valence-corrected chi connectivity index (χ4v) is 2.96. The van der Waals surface area contributed by atoms with E-state index in [1.54, 1.807) is 7.05 Å². The second kappa shape index (κ2) is 10.6. The Morgan fingerprint density at radius 2 is 1.96 bits per heavy atom. The zero-order chi connectivity index (χ0) is 17.9. The summed E-state index contributed by atoms with van der Waals surface area (Å²) in [4.78, 5) is 18.1. The van der Waals surface area contributed by atoms with Gasteiger partial charge in [-0.25, -0.2) is 0 Å². The summed E-state index contributed by atoms with van der Waals surface area (Å²) in [6.07, 6.45) is 3.64. The van der Waals surface area contributed by atoms with Crippen LogP contribution in [-0.2, 0) is 9.53 Å². The predicted octanol–water partition coefficient (Wildman–Crippen LogP) is 2.31. The Morgan fingerprint density at radius 3 is 2.60 bits per heavy atom. The largest absolute Gasteiger partial charge is 0.494 e. The van der Waals surface area contributed by atoms with Gasteiger partial charge in [-0.2, -0.15) is 0 Å². The van der Waals surface area contributed by atoms with Gasteiger partial charge in [-0.05, 0) is 37.8 Å². The molecule has 1 fully saturated rings. The summed E-state index contributed by atoms with van der Waals surface area (Å²) in [5.41, 5.74) is 0. The Balaban J connectivity index is 1.60. The van der Waals surface area contributed by atoms with Gasteiger partial charge in [0.25, 0.3) is 0 Å². The van der Waals surface area contributed by atoms with E-state index in [0.29, 0.717) is 0 Å². The normalized spacial score (nSPS) is 15.8. The predicted molar refractivity (Wildman–Crippen MR) is 98.8 cm³/mol. The zero-order valence-electron chi connectivity index (χ0n) is 15.2. The second-order valence-corrected chi connectivity index (χ2v) is 6.13. The van der Waals surface area contributed by atoms with Crippen LogP contribution in [0.1, 0.15) is 25.7 Å². The van der Waals surface area contributed by atoms with Crippen molar-refractivity contribution in [2.75, 3.05) is 40.4 Å². The molecule has 0 aliphatic carbocycles. The minimum Gasteiger partial charge on any atom is -0.494 e. The minimum atomic E-state index is -0.0963.